The number of aromatic nitrogens is 2. The van der Waals surface area contributed by atoms with Crippen molar-refractivity contribution in [2.24, 2.45) is 0 Å². The molecule has 0 unspecified atom stereocenters. The summed E-state index contributed by atoms with van der Waals surface area (Å²) in [6.45, 7) is 1.79. The lowest BCUT2D eigenvalue weighted by atomic mass is 10.2. The Bertz CT molecular complexity index is 411. The highest BCUT2D eigenvalue weighted by Crippen LogP contribution is 2.34. The van der Waals surface area contributed by atoms with Crippen molar-refractivity contribution in [3.05, 3.63) is 30.2 Å². The molecule has 2 heterocycles. The maximum absolute atomic E-state index is 9.62. The smallest absolute Gasteiger partial charge is 0.157 e. The number of hydrogen-bond acceptors (Lipinski definition) is 4. The van der Waals surface area contributed by atoms with Crippen LogP contribution in [0.3, 0.4) is 0 Å². The topological polar surface area (TPSA) is 46.0 Å². The van der Waals surface area contributed by atoms with Crippen molar-refractivity contribution in [2.75, 3.05) is 0 Å². The van der Waals surface area contributed by atoms with Crippen molar-refractivity contribution in [1.29, 1.82) is 0 Å². The van der Waals surface area contributed by atoms with E-state index in [1.54, 1.807) is 19.3 Å². The molecule has 0 aliphatic heterocycles. The fourth-order valence-electron chi connectivity index (χ4n) is 1.06. The Hall–Kier alpha value is -1.42. The zero-order chi connectivity index (χ0) is 9.26. The Morgan fingerprint density at radius 3 is 2.54 bits per heavy atom. The molecule has 0 saturated heterocycles. The number of rotatable bonds is 1. The van der Waals surface area contributed by atoms with Crippen LogP contribution in [-0.2, 0) is 0 Å². The van der Waals surface area contributed by atoms with Gasteiger partial charge in [-0.05, 0) is 30.6 Å². The molecule has 0 bridgehead atoms. The Morgan fingerprint density at radius 1 is 1.31 bits per heavy atom. The van der Waals surface area contributed by atoms with Crippen LogP contribution in [0.2, 0.25) is 0 Å². The summed E-state index contributed by atoms with van der Waals surface area (Å²) in [7, 11) is 0. The van der Waals surface area contributed by atoms with Crippen LogP contribution in [0.5, 0.6) is 5.75 Å². The lowest BCUT2D eigenvalue weighted by Crippen LogP contribution is -1.74. The van der Waals surface area contributed by atoms with Crippen LogP contribution in [0.15, 0.2) is 24.5 Å². The number of aromatic hydroxyl groups is 1. The Morgan fingerprint density at radius 2 is 2.00 bits per heavy atom. The molecule has 13 heavy (non-hydrogen) atoms. The molecule has 1 N–H and O–H groups in total. The standard InChI is InChI=1S/C9H8N2OS/c1-6-8(12)9(13-11-6)7-2-4-10-5-3-7/h2-5,12H,1H3. The minimum atomic E-state index is 0.274. The molecule has 0 aliphatic carbocycles. The highest BCUT2D eigenvalue weighted by molar-refractivity contribution is 7.10. The second kappa shape index (κ2) is 3.14. The van der Waals surface area contributed by atoms with Crippen molar-refractivity contribution in [3.8, 4) is 16.2 Å². The van der Waals surface area contributed by atoms with Gasteiger partial charge in [0.15, 0.2) is 5.75 Å². The van der Waals surface area contributed by atoms with Crippen LogP contribution in [-0.4, -0.2) is 14.5 Å². The van der Waals surface area contributed by atoms with Crippen molar-refractivity contribution in [3.63, 3.8) is 0 Å². The molecule has 66 valence electrons. The third-order valence-corrected chi connectivity index (χ3v) is 2.75. The van der Waals surface area contributed by atoms with Gasteiger partial charge in [-0.15, -0.1) is 0 Å². The average Bonchev–Trinajstić information content (AvgIpc) is 2.49. The van der Waals surface area contributed by atoms with Crippen molar-refractivity contribution in [2.45, 2.75) is 6.92 Å². The van der Waals surface area contributed by atoms with Gasteiger partial charge < -0.3 is 5.11 Å². The molecule has 0 aromatic carbocycles. The number of nitrogens with zero attached hydrogens (tertiary/aromatic N) is 2. The first kappa shape index (κ1) is 8.19. The van der Waals surface area contributed by atoms with Gasteiger partial charge in [0.05, 0.1) is 10.6 Å². The summed E-state index contributed by atoms with van der Waals surface area (Å²) < 4.78 is 4.06. The Kier molecular flexibility index (Phi) is 1.98. The lowest BCUT2D eigenvalue weighted by molar-refractivity contribution is 0.473. The molecular weight excluding hydrogens is 184 g/mol. The third kappa shape index (κ3) is 1.40. The van der Waals surface area contributed by atoms with Gasteiger partial charge in [0.2, 0.25) is 0 Å². The van der Waals surface area contributed by atoms with E-state index in [1.807, 2.05) is 12.1 Å². The summed E-state index contributed by atoms with van der Waals surface area (Å²) in [5.74, 6) is 0.274. The van der Waals surface area contributed by atoms with Gasteiger partial charge in [-0.1, -0.05) is 0 Å². The van der Waals surface area contributed by atoms with Crippen LogP contribution in [0.4, 0.5) is 0 Å². The summed E-state index contributed by atoms with van der Waals surface area (Å²) >= 11 is 1.30. The van der Waals surface area contributed by atoms with Gasteiger partial charge in [-0.2, -0.15) is 4.37 Å². The van der Waals surface area contributed by atoms with E-state index in [4.69, 9.17) is 0 Å². The first-order valence-corrected chi connectivity index (χ1v) is 4.62. The molecule has 0 saturated carbocycles. The number of pyridine rings is 1. The largest absolute Gasteiger partial charge is 0.505 e. The van der Waals surface area contributed by atoms with Crippen LogP contribution >= 0.6 is 11.5 Å². The van der Waals surface area contributed by atoms with E-state index < -0.39 is 0 Å². The van der Waals surface area contributed by atoms with Crippen LogP contribution in [0.25, 0.3) is 10.4 Å². The van der Waals surface area contributed by atoms with E-state index in [2.05, 4.69) is 9.36 Å². The van der Waals surface area contributed by atoms with Gasteiger partial charge in [-0.25, -0.2) is 0 Å². The Labute approximate surface area is 79.9 Å². The van der Waals surface area contributed by atoms with Gasteiger partial charge in [0.25, 0.3) is 0 Å². The monoisotopic (exact) mass is 192 g/mol. The van der Waals surface area contributed by atoms with E-state index in [9.17, 15) is 5.11 Å². The molecular formula is C9H8N2OS. The van der Waals surface area contributed by atoms with Crippen molar-refractivity contribution < 1.29 is 5.11 Å². The molecule has 4 heteroatoms. The molecule has 0 amide bonds. The zero-order valence-corrected chi connectivity index (χ0v) is 7.88. The minimum absolute atomic E-state index is 0.274. The molecule has 0 radical (unpaired) electrons. The van der Waals surface area contributed by atoms with E-state index in [-0.39, 0.29) is 5.75 Å². The minimum Gasteiger partial charge on any atom is -0.505 e. The number of aryl methyl sites for hydroxylation is 1. The molecule has 3 nitrogen and oxygen atoms in total. The molecule has 2 aromatic heterocycles. The Balaban J connectivity index is 2.53. The van der Waals surface area contributed by atoms with E-state index in [1.165, 1.54) is 11.5 Å². The van der Waals surface area contributed by atoms with Gasteiger partial charge in [0, 0.05) is 18.0 Å². The molecule has 0 fully saturated rings. The molecule has 2 aromatic rings. The van der Waals surface area contributed by atoms with Crippen LogP contribution in [0, 0.1) is 6.92 Å². The normalized spacial score (nSPS) is 10.2. The molecule has 0 aliphatic rings. The van der Waals surface area contributed by atoms with Gasteiger partial charge in [0.1, 0.15) is 0 Å². The summed E-state index contributed by atoms with van der Waals surface area (Å²) in [6, 6.07) is 3.71. The highest BCUT2D eigenvalue weighted by atomic mass is 32.1. The lowest BCUT2D eigenvalue weighted by Gasteiger charge is -1.95. The first-order chi connectivity index (χ1) is 6.29. The molecule has 2 rings (SSSR count). The summed E-state index contributed by atoms with van der Waals surface area (Å²) in [5, 5.41) is 9.62. The van der Waals surface area contributed by atoms with Crippen LogP contribution in [0.1, 0.15) is 5.69 Å². The highest BCUT2D eigenvalue weighted by Gasteiger charge is 2.09. The van der Waals surface area contributed by atoms with Crippen molar-refractivity contribution >= 4 is 11.5 Å². The van der Waals surface area contributed by atoms with E-state index in [0.29, 0.717) is 5.69 Å². The molecule has 0 spiro atoms. The zero-order valence-electron chi connectivity index (χ0n) is 7.06. The van der Waals surface area contributed by atoms with E-state index >= 15 is 0 Å². The van der Waals surface area contributed by atoms with Gasteiger partial charge in [-0.3, -0.25) is 4.98 Å². The van der Waals surface area contributed by atoms with Crippen LogP contribution < -0.4 is 0 Å². The quantitative estimate of drug-likeness (QED) is 0.753. The second-order valence-electron chi connectivity index (χ2n) is 2.68. The predicted octanol–water partition coefficient (Wildman–Crippen LogP) is 2.22. The summed E-state index contributed by atoms with van der Waals surface area (Å²) in [4.78, 5) is 4.72. The maximum Gasteiger partial charge on any atom is 0.157 e. The third-order valence-electron chi connectivity index (χ3n) is 1.77. The number of hydrogen-bond donors (Lipinski definition) is 1. The SMILES string of the molecule is Cc1nsc(-c2ccncc2)c1O. The van der Waals surface area contributed by atoms with E-state index in [0.717, 1.165) is 10.4 Å². The second-order valence-corrected chi connectivity index (χ2v) is 3.46. The summed E-state index contributed by atoms with van der Waals surface area (Å²) in [6.07, 6.45) is 3.40. The fourth-order valence-corrected chi connectivity index (χ4v) is 1.85. The average molecular weight is 192 g/mol. The fraction of sp³-hybridized carbons (Fsp3) is 0.111. The first-order valence-electron chi connectivity index (χ1n) is 3.84. The molecule has 0 atom stereocenters. The summed E-state index contributed by atoms with van der Waals surface area (Å²) in [5.41, 5.74) is 1.63. The predicted molar refractivity (Wildman–Crippen MR) is 51.7 cm³/mol. The van der Waals surface area contributed by atoms with Gasteiger partial charge >= 0.3 is 0 Å². The van der Waals surface area contributed by atoms with Crippen molar-refractivity contribution in [1.82, 2.24) is 9.36 Å². The maximum atomic E-state index is 9.62.